The molecule has 0 radical (unpaired) electrons. The van der Waals surface area contributed by atoms with Crippen LogP contribution in [0.3, 0.4) is 0 Å². The summed E-state index contributed by atoms with van der Waals surface area (Å²) in [6.07, 6.45) is 2.34. The van der Waals surface area contributed by atoms with Crippen molar-refractivity contribution in [1.82, 2.24) is 4.90 Å². The van der Waals surface area contributed by atoms with Crippen molar-refractivity contribution in [1.29, 1.82) is 0 Å². The molecule has 1 amide bonds. The minimum Gasteiger partial charge on any atom is -0.384 e. The van der Waals surface area contributed by atoms with Crippen LogP contribution in [-0.2, 0) is 0 Å². The summed E-state index contributed by atoms with van der Waals surface area (Å²) in [7, 11) is 3.50. The Morgan fingerprint density at radius 3 is 2.68 bits per heavy atom. The molecule has 0 saturated carbocycles. The highest BCUT2D eigenvalue weighted by Gasteiger charge is 2.14. The molecular weight excluding hydrogens is 260 g/mol. The average Bonchev–Trinajstić information content (AvgIpc) is 2.36. The van der Waals surface area contributed by atoms with Crippen LogP contribution in [0.2, 0.25) is 5.02 Å². The van der Waals surface area contributed by atoms with Gasteiger partial charge in [-0.3, -0.25) is 4.79 Å². The van der Waals surface area contributed by atoms with Gasteiger partial charge in [-0.25, -0.2) is 0 Å². The Morgan fingerprint density at radius 1 is 1.42 bits per heavy atom. The maximum Gasteiger partial charge on any atom is 0.255 e. The molecule has 0 aliphatic rings. The molecule has 1 atom stereocenters. The highest BCUT2D eigenvalue weighted by Crippen LogP contribution is 2.22. The Morgan fingerprint density at radius 2 is 2.11 bits per heavy atom. The molecule has 0 aliphatic heterocycles. The van der Waals surface area contributed by atoms with Gasteiger partial charge in [0.25, 0.3) is 5.91 Å². The van der Waals surface area contributed by atoms with Crippen LogP contribution in [0, 0.1) is 5.92 Å². The van der Waals surface area contributed by atoms with E-state index in [1.807, 2.05) is 6.07 Å². The standard InChI is InChI=1S/C15H23ClN2O/c1-5-6-11(2)10-17-14-9-12(16)7-8-13(14)15(19)18(3)4/h7-9,11,17H,5-6,10H2,1-4H3. The van der Waals surface area contributed by atoms with E-state index >= 15 is 0 Å². The molecule has 1 N–H and O–H groups in total. The summed E-state index contributed by atoms with van der Waals surface area (Å²) in [4.78, 5) is 13.7. The summed E-state index contributed by atoms with van der Waals surface area (Å²) in [6.45, 7) is 5.23. The summed E-state index contributed by atoms with van der Waals surface area (Å²) in [5.41, 5.74) is 1.48. The first-order valence-electron chi connectivity index (χ1n) is 6.70. The Kier molecular flexibility index (Phi) is 6.16. The molecule has 0 bridgehead atoms. The topological polar surface area (TPSA) is 32.3 Å². The molecule has 1 rings (SSSR count). The quantitative estimate of drug-likeness (QED) is 0.858. The van der Waals surface area contributed by atoms with E-state index in [4.69, 9.17) is 11.6 Å². The van der Waals surface area contributed by atoms with Gasteiger partial charge in [-0.1, -0.05) is 31.9 Å². The number of nitrogens with zero attached hydrogens (tertiary/aromatic N) is 1. The second-order valence-corrected chi connectivity index (χ2v) is 5.60. The van der Waals surface area contributed by atoms with Crippen LogP contribution >= 0.6 is 11.6 Å². The summed E-state index contributed by atoms with van der Waals surface area (Å²) in [5.74, 6) is 0.564. The first-order valence-corrected chi connectivity index (χ1v) is 7.08. The van der Waals surface area contributed by atoms with Gasteiger partial charge in [0.05, 0.1) is 5.56 Å². The van der Waals surface area contributed by atoms with Crippen molar-refractivity contribution in [3.05, 3.63) is 28.8 Å². The highest BCUT2D eigenvalue weighted by atomic mass is 35.5. The van der Waals surface area contributed by atoms with Gasteiger partial charge in [0.2, 0.25) is 0 Å². The number of carbonyl (C=O) groups excluding carboxylic acids is 1. The number of nitrogens with one attached hydrogen (secondary N) is 1. The van der Waals surface area contributed by atoms with Crippen molar-refractivity contribution in [3.63, 3.8) is 0 Å². The van der Waals surface area contributed by atoms with E-state index < -0.39 is 0 Å². The minimum absolute atomic E-state index is 0.0117. The van der Waals surface area contributed by atoms with E-state index in [0.717, 1.165) is 12.2 Å². The lowest BCUT2D eigenvalue weighted by molar-refractivity contribution is 0.0828. The smallest absolute Gasteiger partial charge is 0.255 e. The molecule has 106 valence electrons. The molecule has 1 aromatic rings. The van der Waals surface area contributed by atoms with E-state index in [0.29, 0.717) is 16.5 Å². The molecule has 19 heavy (non-hydrogen) atoms. The third kappa shape index (κ3) is 4.75. The maximum absolute atomic E-state index is 12.1. The Hall–Kier alpha value is -1.22. The molecule has 1 unspecified atom stereocenters. The summed E-state index contributed by atoms with van der Waals surface area (Å²) in [5, 5.41) is 3.98. The molecule has 0 saturated heterocycles. The van der Waals surface area contributed by atoms with Crippen LogP contribution < -0.4 is 5.32 Å². The van der Waals surface area contributed by atoms with Crippen molar-refractivity contribution in [2.45, 2.75) is 26.7 Å². The fourth-order valence-electron chi connectivity index (χ4n) is 1.97. The van der Waals surface area contributed by atoms with Gasteiger partial charge in [-0.2, -0.15) is 0 Å². The van der Waals surface area contributed by atoms with E-state index in [9.17, 15) is 4.79 Å². The third-order valence-electron chi connectivity index (χ3n) is 3.04. The lowest BCUT2D eigenvalue weighted by Gasteiger charge is -2.18. The highest BCUT2D eigenvalue weighted by molar-refractivity contribution is 6.31. The first kappa shape index (κ1) is 15.8. The van der Waals surface area contributed by atoms with Crippen molar-refractivity contribution >= 4 is 23.2 Å². The largest absolute Gasteiger partial charge is 0.384 e. The summed E-state index contributed by atoms with van der Waals surface area (Å²) in [6, 6.07) is 5.34. The van der Waals surface area contributed by atoms with Gasteiger partial charge >= 0.3 is 0 Å². The molecular formula is C15H23ClN2O. The molecule has 0 aliphatic carbocycles. The first-order chi connectivity index (χ1) is 8.95. The molecule has 0 spiro atoms. The molecule has 0 fully saturated rings. The van der Waals surface area contributed by atoms with Crippen molar-refractivity contribution in [3.8, 4) is 0 Å². The number of amides is 1. The summed E-state index contributed by atoms with van der Waals surface area (Å²) < 4.78 is 0. The normalized spacial score (nSPS) is 12.1. The molecule has 1 aromatic carbocycles. The third-order valence-corrected chi connectivity index (χ3v) is 3.28. The zero-order valence-corrected chi connectivity index (χ0v) is 12.9. The van der Waals surface area contributed by atoms with Crippen LogP contribution in [0.15, 0.2) is 18.2 Å². The number of benzene rings is 1. The van der Waals surface area contributed by atoms with Gasteiger partial charge in [0.15, 0.2) is 0 Å². The second kappa shape index (κ2) is 7.39. The minimum atomic E-state index is -0.0117. The van der Waals surface area contributed by atoms with Gasteiger partial charge in [0.1, 0.15) is 0 Å². The zero-order valence-electron chi connectivity index (χ0n) is 12.2. The van der Waals surface area contributed by atoms with Crippen LogP contribution in [0.4, 0.5) is 5.69 Å². The predicted octanol–water partition coefficient (Wildman–Crippen LogP) is 3.89. The maximum atomic E-state index is 12.1. The Bertz CT molecular complexity index is 432. The van der Waals surface area contributed by atoms with E-state index in [1.54, 1.807) is 31.1 Å². The number of anilines is 1. The van der Waals surface area contributed by atoms with E-state index in [-0.39, 0.29) is 5.91 Å². The number of rotatable bonds is 6. The average molecular weight is 283 g/mol. The van der Waals surface area contributed by atoms with Crippen molar-refractivity contribution < 1.29 is 4.79 Å². The summed E-state index contributed by atoms with van der Waals surface area (Å²) >= 11 is 6.01. The van der Waals surface area contributed by atoms with Crippen LogP contribution in [0.1, 0.15) is 37.0 Å². The number of hydrogen-bond donors (Lipinski definition) is 1. The van der Waals surface area contributed by atoms with E-state index in [1.165, 1.54) is 12.8 Å². The number of carbonyl (C=O) groups is 1. The Labute approximate surface area is 120 Å². The molecule has 3 nitrogen and oxygen atoms in total. The van der Waals surface area contributed by atoms with E-state index in [2.05, 4.69) is 19.2 Å². The number of halogens is 1. The van der Waals surface area contributed by atoms with Gasteiger partial charge < -0.3 is 10.2 Å². The zero-order chi connectivity index (χ0) is 14.4. The predicted molar refractivity (Wildman–Crippen MR) is 82.0 cm³/mol. The van der Waals surface area contributed by atoms with Crippen molar-refractivity contribution in [2.24, 2.45) is 5.92 Å². The van der Waals surface area contributed by atoms with Crippen molar-refractivity contribution in [2.75, 3.05) is 26.0 Å². The van der Waals surface area contributed by atoms with Gasteiger partial charge in [-0.05, 0) is 30.5 Å². The molecule has 4 heteroatoms. The molecule has 0 aromatic heterocycles. The lowest BCUT2D eigenvalue weighted by atomic mass is 10.1. The van der Waals surface area contributed by atoms with Crippen LogP contribution in [0.25, 0.3) is 0 Å². The molecule has 0 heterocycles. The SMILES string of the molecule is CCCC(C)CNc1cc(Cl)ccc1C(=O)N(C)C. The van der Waals surface area contributed by atoms with Crippen LogP contribution in [0.5, 0.6) is 0 Å². The fraction of sp³-hybridized carbons (Fsp3) is 0.533. The lowest BCUT2D eigenvalue weighted by Crippen LogP contribution is -2.23. The van der Waals surface area contributed by atoms with Gasteiger partial charge in [-0.15, -0.1) is 0 Å². The van der Waals surface area contributed by atoms with Gasteiger partial charge in [0, 0.05) is 31.4 Å². The van der Waals surface area contributed by atoms with Crippen LogP contribution in [-0.4, -0.2) is 31.4 Å². The number of hydrogen-bond acceptors (Lipinski definition) is 2. The monoisotopic (exact) mass is 282 g/mol. The second-order valence-electron chi connectivity index (χ2n) is 5.16. The Balaban J connectivity index is 2.85. The fourth-order valence-corrected chi connectivity index (χ4v) is 2.14.